The molecule has 26 heavy (non-hydrogen) atoms. The van der Waals surface area contributed by atoms with Crippen LogP contribution >= 0.6 is 24.8 Å². The molecule has 0 radical (unpaired) electrons. The summed E-state index contributed by atoms with van der Waals surface area (Å²) in [6.07, 6.45) is 0. The summed E-state index contributed by atoms with van der Waals surface area (Å²) in [6, 6.07) is 5.40. The molecule has 0 bridgehead atoms. The zero-order chi connectivity index (χ0) is 17.4. The number of nitrogens with one attached hydrogen (secondary N) is 2. The fourth-order valence-corrected chi connectivity index (χ4v) is 2.33. The molecular weight excluding hydrogens is 381 g/mol. The molecule has 1 aliphatic rings. The zero-order valence-electron chi connectivity index (χ0n) is 15.4. The first-order chi connectivity index (χ1) is 11.6. The molecule has 1 amide bonds. The van der Waals surface area contributed by atoms with Crippen molar-refractivity contribution >= 4 is 30.7 Å². The van der Waals surface area contributed by atoms with Gasteiger partial charge in [0.05, 0.1) is 20.3 Å². The van der Waals surface area contributed by atoms with Crippen molar-refractivity contribution in [2.75, 3.05) is 54.1 Å². The maximum atomic E-state index is 12.1. The van der Waals surface area contributed by atoms with Gasteiger partial charge in [-0.3, -0.25) is 4.79 Å². The summed E-state index contributed by atoms with van der Waals surface area (Å²) in [5.41, 5.74) is 0.955. The molecular formula is C17H29Cl2N3O4. The van der Waals surface area contributed by atoms with Gasteiger partial charge in [-0.2, -0.15) is 0 Å². The van der Waals surface area contributed by atoms with E-state index in [1.807, 2.05) is 32.3 Å². The average Bonchev–Trinajstić information content (AvgIpc) is 2.60. The molecule has 0 aliphatic carbocycles. The molecule has 1 aliphatic heterocycles. The Balaban J connectivity index is 0.00000312. The predicted octanol–water partition coefficient (Wildman–Crippen LogP) is 1.08. The number of carbonyl (C=O) groups is 1. The number of likely N-dealkylation sites (N-methyl/N-ethyl adjacent to an activating group) is 1. The second kappa shape index (κ2) is 13.0. The standard InChI is InChI=1S/C17H27N3O4.2ClH/c1-20(2)7-9-24-15-5-4-13(10-16(15)22-3)11-19-17(21)14-12-23-8-6-18-14;;/h4-5,10,14,18H,6-9,11-12H2,1-3H3,(H,19,21);2*1H. The number of ether oxygens (including phenoxy) is 3. The molecule has 9 heteroatoms. The Morgan fingerprint density at radius 2 is 2.12 bits per heavy atom. The van der Waals surface area contributed by atoms with Crippen LogP contribution < -0.4 is 20.1 Å². The van der Waals surface area contributed by atoms with Gasteiger partial charge >= 0.3 is 0 Å². The third kappa shape index (κ3) is 7.97. The lowest BCUT2D eigenvalue weighted by molar-refractivity contribution is -0.126. The normalized spacial score (nSPS) is 16.2. The largest absolute Gasteiger partial charge is 0.493 e. The monoisotopic (exact) mass is 409 g/mol. The van der Waals surface area contributed by atoms with Crippen LogP contribution in [0.25, 0.3) is 0 Å². The molecule has 1 fully saturated rings. The second-order valence-electron chi connectivity index (χ2n) is 5.94. The van der Waals surface area contributed by atoms with Crippen LogP contribution in [0.2, 0.25) is 0 Å². The summed E-state index contributed by atoms with van der Waals surface area (Å²) in [6.45, 7) is 3.62. The van der Waals surface area contributed by atoms with Crippen LogP contribution in [0.4, 0.5) is 0 Å². The highest BCUT2D eigenvalue weighted by Crippen LogP contribution is 2.28. The summed E-state index contributed by atoms with van der Waals surface area (Å²) in [5, 5.41) is 6.05. The lowest BCUT2D eigenvalue weighted by Gasteiger charge is -2.23. The molecule has 1 aromatic carbocycles. The van der Waals surface area contributed by atoms with Crippen molar-refractivity contribution in [1.29, 1.82) is 0 Å². The molecule has 1 heterocycles. The zero-order valence-corrected chi connectivity index (χ0v) is 17.1. The summed E-state index contributed by atoms with van der Waals surface area (Å²) in [5.74, 6) is 1.32. The van der Waals surface area contributed by atoms with Crippen LogP contribution in [-0.4, -0.2) is 71.0 Å². The summed E-state index contributed by atoms with van der Waals surface area (Å²) < 4.78 is 16.4. The van der Waals surface area contributed by atoms with Gasteiger partial charge in [0.1, 0.15) is 12.6 Å². The van der Waals surface area contributed by atoms with Gasteiger partial charge in [-0.05, 0) is 31.8 Å². The first-order valence-corrected chi connectivity index (χ1v) is 8.13. The number of hydrogen-bond donors (Lipinski definition) is 2. The van der Waals surface area contributed by atoms with Gasteiger partial charge in [-0.15, -0.1) is 24.8 Å². The Morgan fingerprint density at radius 1 is 1.35 bits per heavy atom. The fourth-order valence-electron chi connectivity index (χ4n) is 2.33. The van der Waals surface area contributed by atoms with Gasteiger partial charge in [0, 0.05) is 19.6 Å². The van der Waals surface area contributed by atoms with Crippen LogP contribution in [0.1, 0.15) is 5.56 Å². The molecule has 0 spiro atoms. The van der Waals surface area contributed by atoms with Crippen molar-refractivity contribution in [2.24, 2.45) is 0 Å². The van der Waals surface area contributed by atoms with Crippen LogP contribution in [0.3, 0.4) is 0 Å². The maximum Gasteiger partial charge on any atom is 0.239 e. The van der Waals surface area contributed by atoms with E-state index in [9.17, 15) is 4.79 Å². The van der Waals surface area contributed by atoms with Crippen molar-refractivity contribution in [2.45, 2.75) is 12.6 Å². The van der Waals surface area contributed by atoms with Gasteiger partial charge in [0.15, 0.2) is 11.5 Å². The number of rotatable bonds is 8. The van der Waals surface area contributed by atoms with Crippen molar-refractivity contribution in [3.05, 3.63) is 23.8 Å². The maximum absolute atomic E-state index is 12.1. The van der Waals surface area contributed by atoms with Crippen LogP contribution in [0.5, 0.6) is 11.5 Å². The number of methoxy groups -OCH3 is 1. The molecule has 1 aromatic rings. The number of carbonyl (C=O) groups excluding carboxylic acids is 1. The summed E-state index contributed by atoms with van der Waals surface area (Å²) >= 11 is 0. The van der Waals surface area contributed by atoms with E-state index in [1.54, 1.807) is 7.11 Å². The van der Waals surface area contributed by atoms with Crippen LogP contribution in [-0.2, 0) is 16.1 Å². The molecule has 2 N–H and O–H groups in total. The summed E-state index contributed by atoms with van der Waals surface area (Å²) in [4.78, 5) is 14.1. The highest BCUT2D eigenvalue weighted by molar-refractivity contribution is 5.85. The Morgan fingerprint density at radius 3 is 2.73 bits per heavy atom. The Bertz CT molecular complexity index is 541. The second-order valence-corrected chi connectivity index (χ2v) is 5.94. The lowest BCUT2D eigenvalue weighted by atomic mass is 10.2. The molecule has 0 aromatic heterocycles. The van der Waals surface area contributed by atoms with Crippen molar-refractivity contribution < 1.29 is 19.0 Å². The van der Waals surface area contributed by atoms with E-state index >= 15 is 0 Å². The van der Waals surface area contributed by atoms with Crippen LogP contribution in [0.15, 0.2) is 18.2 Å². The van der Waals surface area contributed by atoms with Gasteiger partial charge in [0.25, 0.3) is 0 Å². The quantitative estimate of drug-likeness (QED) is 0.669. The number of hydrogen-bond acceptors (Lipinski definition) is 6. The van der Waals surface area contributed by atoms with Crippen molar-refractivity contribution in [3.8, 4) is 11.5 Å². The van der Waals surface area contributed by atoms with E-state index in [0.29, 0.717) is 44.4 Å². The first-order valence-electron chi connectivity index (χ1n) is 8.13. The van der Waals surface area contributed by atoms with E-state index in [-0.39, 0.29) is 36.8 Å². The minimum atomic E-state index is -0.283. The minimum Gasteiger partial charge on any atom is -0.493 e. The van der Waals surface area contributed by atoms with E-state index in [0.717, 1.165) is 12.1 Å². The third-order valence-electron chi connectivity index (χ3n) is 3.73. The minimum absolute atomic E-state index is 0. The number of nitrogens with zero attached hydrogens (tertiary/aromatic N) is 1. The smallest absolute Gasteiger partial charge is 0.239 e. The number of amides is 1. The number of halogens is 2. The van der Waals surface area contributed by atoms with Gasteiger partial charge in [-0.1, -0.05) is 6.07 Å². The molecule has 7 nitrogen and oxygen atoms in total. The predicted molar refractivity (Wildman–Crippen MR) is 106 cm³/mol. The Labute approximate surface area is 167 Å². The molecule has 2 rings (SSSR count). The highest BCUT2D eigenvalue weighted by Gasteiger charge is 2.20. The Hall–Kier alpha value is -1.25. The van der Waals surface area contributed by atoms with Crippen molar-refractivity contribution in [3.63, 3.8) is 0 Å². The van der Waals surface area contributed by atoms with E-state index in [1.165, 1.54) is 0 Å². The van der Waals surface area contributed by atoms with E-state index in [4.69, 9.17) is 14.2 Å². The van der Waals surface area contributed by atoms with Crippen molar-refractivity contribution in [1.82, 2.24) is 15.5 Å². The molecule has 0 saturated carbocycles. The third-order valence-corrected chi connectivity index (χ3v) is 3.73. The summed E-state index contributed by atoms with van der Waals surface area (Å²) in [7, 11) is 5.61. The topological polar surface area (TPSA) is 72.1 Å². The van der Waals surface area contributed by atoms with Gasteiger partial charge in [-0.25, -0.2) is 0 Å². The van der Waals surface area contributed by atoms with Crippen LogP contribution in [0, 0.1) is 0 Å². The molecule has 150 valence electrons. The lowest BCUT2D eigenvalue weighted by Crippen LogP contribution is -2.51. The molecule has 1 atom stereocenters. The SMILES string of the molecule is COc1cc(CNC(=O)C2COCCN2)ccc1OCCN(C)C.Cl.Cl. The highest BCUT2D eigenvalue weighted by atomic mass is 35.5. The van der Waals surface area contributed by atoms with E-state index < -0.39 is 0 Å². The Kier molecular flexibility index (Phi) is 12.4. The van der Waals surface area contributed by atoms with Gasteiger partial charge in [0.2, 0.25) is 5.91 Å². The van der Waals surface area contributed by atoms with E-state index in [2.05, 4.69) is 15.5 Å². The molecule has 1 saturated heterocycles. The van der Waals surface area contributed by atoms with Gasteiger partial charge < -0.3 is 29.7 Å². The molecule has 1 unspecified atom stereocenters. The number of morpholine rings is 1. The average molecular weight is 410 g/mol. The first kappa shape index (κ1) is 24.8. The fraction of sp³-hybridized carbons (Fsp3) is 0.588. The number of benzene rings is 1.